The first-order valence-corrected chi connectivity index (χ1v) is 9.18. The van der Waals surface area contributed by atoms with Crippen molar-refractivity contribution >= 4 is 0 Å². The molecule has 1 aliphatic rings. The fourth-order valence-corrected chi connectivity index (χ4v) is 3.39. The highest BCUT2D eigenvalue weighted by atomic mass is 16.5. The molecule has 0 N–H and O–H groups in total. The van der Waals surface area contributed by atoms with Crippen LogP contribution < -0.4 is 4.74 Å². The normalized spacial score (nSPS) is 14.0. The summed E-state index contributed by atoms with van der Waals surface area (Å²) in [5, 5.41) is 0. The SMILES string of the molecule is CCOc1nc(-c2ccccc2)nc2c1CN(Cc1ccccc1)CC2. The van der Waals surface area contributed by atoms with Gasteiger partial charge in [0, 0.05) is 37.2 Å². The highest BCUT2D eigenvalue weighted by Crippen LogP contribution is 2.29. The fourth-order valence-electron chi connectivity index (χ4n) is 3.39. The van der Waals surface area contributed by atoms with E-state index in [1.165, 1.54) is 5.56 Å². The van der Waals surface area contributed by atoms with Crippen LogP contribution in [0.2, 0.25) is 0 Å². The summed E-state index contributed by atoms with van der Waals surface area (Å²) in [6, 6.07) is 20.7. The van der Waals surface area contributed by atoms with Crippen molar-refractivity contribution in [2.75, 3.05) is 13.2 Å². The van der Waals surface area contributed by atoms with Crippen LogP contribution in [-0.4, -0.2) is 28.0 Å². The Kier molecular flexibility index (Phi) is 4.93. The summed E-state index contributed by atoms with van der Waals surface area (Å²) in [4.78, 5) is 12.0. The van der Waals surface area contributed by atoms with E-state index in [0.29, 0.717) is 6.61 Å². The largest absolute Gasteiger partial charge is 0.478 e. The third kappa shape index (κ3) is 3.60. The highest BCUT2D eigenvalue weighted by Gasteiger charge is 2.23. The Morgan fingerprint density at radius 2 is 1.69 bits per heavy atom. The van der Waals surface area contributed by atoms with Crippen molar-refractivity contribution in [2.45, 2.75) is 26.4 Å². The molecule has 1 aliphatic heterocycles. The van der Waals surface area contributed by atoms with Crippen molar-refractivity contribution in [3.63, 3.8) is 0 Å². The third-order valence-electron chi connectivity index (χ3n) is 4.66. The van der Waals surface area contributed by atoms with E-state index in [2.05, 4.69) is 35.2 Å². The summed E-state index contributed by atoms with van der Waals surface area (Å²) in [7, 11) is 0. The lowest BCUT2D eigenvalue weighted by molar-refractivity contribution is 0.232. The van der Waals surface area contributed by atoms with E-state index in [1.54, 1.807) is 0 Å². The Bertz CT molecular complexity index is 865. The molecular weight excluding hydrogens is 322 g/mol. The average Bonchev–Trinajstić information content (AvgIpc) is 2.70. The molecule has 4 rings (SSSR count). The number of ether oxygens (including phenoxy) is 1. The predicted molar refractivity (Wildman–Crippen MR) is 103 cm³/mol. The van der Waals surface area contributed by atoms with Crippen molar-refractivity contribution in [1.29, 1.82) is 0 Å². The van der Waals surface area contributed by atoms with Crippen molar-refractivity contribution in [2.24, 2.45) is 0 Å². The van der Waals surface area contributed by atoms with Gasteiger partial charge in [-0.2, -0.15) is 4.98 Å². The molecule has 26 heavy (non-hydrogen) atoms. The number of hydrogen-bond acceptors (Lipinski definition) is 4. The van der Waals surface area contributed by atoms with Crippen molar-refractivity contribution in [3.8, 4) is 17.3 Å². The van der Waals surface area contributed by atoms with Crippen LogP contribution in [0.25, 0.3) is 11.4 Å². The molecule has 132 valence electrons. The van der Waals surface area contributed by atoms with Gasteiger partial charge in [-0.25, -0.2) is 4.98 Å². The molecule has 4 heteroatoms. The van der Waals surface area contributed by atoms with E-state index in [4.69, 9.17) is 14.7 Å². The first kappa shape index (κ1) is 16.7. The number of fused-ring (bicyclic) bond motifs is 1. The minimum absolute atomic E-state index is 0.608. The second-order valence-corrected chi connectivity index (χ2v) is 6.52. The van der Waals surface area contributed by atoms with Crippen molar-refractivity contribution < 1.29 is 4.74 Å². The maximum absolute atomic E-state index is 5.89. The minimum atomic E-state index is 0.608. The molecule has 1 aromatic heterocycles. The van der Waals surface area contributed by atoms with Crippen LogP contribution in [0.5, 0.6) is 5.88 Å². The number of benzene rings is 2. The third-order valence-corrected chi connectivity index (χ3v) is 4.66. The van der Waals surface area contributed by atoms with Gasteiger partial charge < -0.3 is 4.74 Å². The molecule has 4 nitrogen and oxygen atoms in total. The lowest BCUT2D eigenvalue weighted by Crippen LogP contribution is -2.31. The maximum Gasteiger partial charge on any atom is 0.221 e. The van der Waals surface area contributed by atoms with Gasteiger partial charge in [-0.05, 0) is 12.5 Å². The van der Waals surface area contributed by atoms with Gasteiger partial charge in [0.1, 0.15) is 0 Å². The summed E-state index contributed by atoms with van der Waals surface area (Å²) in [5.41, 5.74) is 4.61. The smallest absolute Gasteiger partial charge is 0.221 e. The molecule has 0 amide bonds. The number of hydrogen-bond donors (Lipinski definition) is 0. The van der Waals surface area contributed by atoms with Crippen molar-refractivity contribution in [1.82, 2.24) is 14.9 Å². The summed E-state index contributed by atoms with van der Waals surface area (Å²) in [6.45, 7) is 5.37. The topological polar surface area (TPSA) is 38.3 Å². The first-order chi connectivity index (χ1) is 12.8. The van der Waals surface area contributed by atoms with Gasteiger partial charge in [0.2, 0.25) is 5.88 Å². The molecule has 0 radical (unpaired) electrons. The van der Waals surface area contributed by atoms with E-state index in [9.17, 15) is 0 Å². The average molecular weight is 345 g/mol. The highest BCUT2D eigenvalue weighted by molar-refractivity contribution is 5.56. The lowest BCUT2D eigenvalue weighted by atomic mass is 10.0. The van der Waals surface area contributed by atoms with Gasteiger partial charge in [-0.15, -0.1) is 0 Å². The van der Waals surface area contributed by atoms with Crippen LogP contribution in [0.4, 0.5) is 0 Å². The van der Waals surface area contributed by atoms with Crippen LogP contribution in [0, 0.1) is 0 Å². The molecule has 0 atom stereocenters. The fraction of sp³-hybridized carbons (Fsp3) is 0.273. The van der Waals surface area contributed by atoms with Crippen LogP contribution in [0.15, 0.2) is 60.7 Å². The zero-order valence-electron chi connectivity index (χ0n) is 15.1. The quantitative estimate of drug-likeness (QED) is 0.698. The number of aromatic nitrogens is 2. The molecule has 0 saturated heterocycles. The second kappa shape index (κ2) is 7.67. The molecule has 0 unspecified atom stereocenters. The summed E-state index contributed by atoms with van der Waals surface area (Å²) >= 11 is 0. The van der Waals surface area contributed by atoms with Crippen molar-refractivity contribution in [3.05, 3.63) is 77.5 Å². The zero-order chi connectivity index (χ0) is 17.8. The Hall–Kier alpha value is -2.72. The lowest BCUT2D eigenvalue weighted by Gasteiger charge is -2.29. The van der Waals surface area contributed by atoms with Gasteiger partial charge >= 0.3 is 0 Å². The maximum atomic E-state index is 5.89. The van der Waals surface area contributed by atoms with Crippen LogP contribution in [0.1, 0.15) is 23.7 Å². The minimum Gasteiger partial charge on any atom is -0.478 e. The van der Waals surface area contributed by atoms with Gasteiger partial charge in [0.25, 0.3) is 0 Å². The molecular formula is C22H23N3O. The second-order valence-electron chi connectivity index (χ2n) is 6.52. The first-order valence-electron chi connectivity index (χ1n) is 9.18. The van der Waals surface area contributed by atoms with Gasteiger partial charge in [0.05, 0.1) is 12.3 Å². The predicted octanol–water partition coefficient (Wildman–Crippen LogP) is 4.10. The van der Waals surface area contributed by atoms with Crippen LogP contribution in [-0.2, 0) is 19.5 Å². The Morgan fingerprint density at radius 3 is 2.42 bits per heavy atom. The van der Waals surface area contributed by atoms with Gasteiger partial charge in [-0.1, -0.05) is 60.7 Å². The van der Waals surface area contributed by atoms with E-state index in [1.807, 2.05) is 37.3 Å². The summed E-state index contributed by atoms with van der Waals surface area (Å²) in [5.74, 6) is 1.48. The number of nitrogens with zero attached hydrogens (tertiary/aromatic N) is 3. The number of rotatable bonds is 5. The molecule has 2 aromatic carbocycles. The summed E-state index contributed by atoms with van der Waals surface area (Å²) in [6.07, 6.45) is 0.921. The Balaban J connectivity index is 1.63. The molecule has 2 heterocycles. The van der Waals surface area contributed by atoms with Crippen LogP contribution in [0.3, 0.4) is 0 Å². The van der Waals surface area contributed by atoms with E-state index in [-0.39, 0.29) is 0 Å². The monoisotopic (exact) mass is 345 g/mol. The molecule has 0 fully saturated rings. The van der Waals surface area contributed by atoms with Crippen LogP contribution >= 0.6 is 0 Å². The Labute approximate surface area is 154 Å². The van der Waals surface area contributed by atoms with E-state index in [0.717, 1.165) is 54.6 Å². The summed E-state index contributed by atoms with van der Waals surface area (Å²) < 4.78 is 5.89. The van der Waals surface area contributed by atoms with Gasteiger partial charge in [-0.3, -0.25) is 4.90 Å². The molecule has 0 spiro atoms. The zero-order valence-corrected chi connectivity index (χ0v) is 15.1. The molecule has 0 bridgehead atoms. The van der Waals surface area contributed by atoms with E-state index >= 15 is 0 Å². The van der Waals surface area contributed by atoms with Gasteiger partial charge in [0.15, 0.2) is 5.82 Å². The van der Waals surface area contributed by atoms with E-state index < -0.39 is 0 Å². The molecule has 0 aliphatic carbocycles. The standard InChI is InChI=1S/C22H23N3O/c1-2-26-22-19-16-25(15-17-9-5-3-6-10-17)14-13-20(19)23-21(24-22)18-11-7-4-8-12-18/h3-12H,2,13-16H2,1H3. The molecule has 3 aromatic rings. The Morgan fingerprint density at radius 1 is 0.962 bits per heavy atom. The molecule has 0 saturated carbocycles.